The second-order valence-electron chi connectivity index (χ2n) is 1.42. The Labute approximate surface area is 45.6 Å². The van der Waals surface area contributed by atoms with Gasteiger partial charge in [-0.2, -0.15) is 0 Å². The molecule has 34 valence electrons. The zero-order chi connectivity index (χ0) is 4.57. The number of hydrogen-bond donors (Lipinski definition) is 1. The maximum atomic E-state index is 3.32. The Morgan fingerprint density at radius 2 is 2.50 bits per heavy atom. The minimum absolute atomic E-state index is 0.560. The molecule has 0 bridgehead atoms. The largest absolute Gasteiger partial charge is 0.383 e. The zero-order valence-corrected chi connectivity index (χ0v) is 5.12. The average molecular weight is 148 g/mol. The Morgan fingerprint density at radius 3 is 2.50 bits per heavy atom. The first-order valence-electron chi connectivity index (χ1n) is 1.92. The fraction of sp³-hybridized carbons (Fsp3) is 0.500. The molecule has 0 saturated carbocycles. The van der Waals surface area contributed by atoms with Crippen LogP contribution in [0.1, 0.15) is 6.92 Å². The summed E-state index contributed by atoms with van der Waals surface area (Å²) in [6.07, 6.45) is 1.95. The summed E-state index contributed by atoms with van der Waals surface area (Å²) in [6, 6.07) is 0.560. The molecule has 0 aromatic heterocycles. The van der Waals surface area contributed by atoms with E-state index in [0.29, 0.717) is 6.04 Å². The Morgan fingerprint density at radius 1 is 2.00 bits per heavy atom. The van der Waals surface area contributed by atoms with Gasteiger partial charge in [-0.05, 0) is 6.92 Å². The van der Waals surface area contributed by atoms with Crippen LogP contribution in [0.25, 0.3) is 0 Å². The molecule has 1 rings (SSSR count). The van der Waals surface area contributed by atoms with Crippen molar-refractivity contribution < 1.29 is 0 Å². The third kappa shape index (κ3) is 0.451. The highest BCUT2D eigenvalue weighted by Crippen LogP contribution is 2.15. The van der Waals surface area contributed by atoms with Gasteiger partial charge in [0.25, 0.3) is 0 Å². The fourth-order valence-electron chi connectivity index (χ4n) is 0.313. The van der Waals surface area contributed by atoms with Crippen molar-refractivity contribution in [3.05, 3.63) is 10.7 Å². The molecule has 6 heavy (non-hydrogen) atoms. The Bertz CT molecular complexity index is 87.5. The molecule has 0 unspecified atom stereocenters. The van der Waals surface area contributed by atoms with Gasteiger partial charge < -0.3 is 5.32 Å². The van der Waals surface area contributed by atoms with Crippen molar-refractivity contribution in [1.29, 1.82) is 0 Å². The van der Waals surface area contributed by atoms with E-state index in [1.165, 1.54) is 4.48 Å². The Hall–Kier alpha value is 0.0200. The molecule has 1 aliphatic rings. The van der Waals surface area contributed by atoms with Gasteiger partial charge in [-0.25, -0.2) is 0 Å². The summed E-state index contributed by atoms with van der Waals surface area (Å²) >= 11 is 3.32. The highest BCUT2D eigenvalue weighted by Gasteiger charge is 2.09. The summed E-state index contributed by atoms with van der Waals surface area (Å²) in [5.74, 6) is 0. The summed E-state index contributed by atoms with van der Waals surface area (Å²) in [6.45, 7) is 2.10. The van der Waals surface area contributed by atoms with Crippen molar-refractivity contribution in [2.45, 2.75) is 13.0 Å². The monoisotopic (exact) mass is 147 g/mol. The molecule has 0 aliphatic carbocycles. The molecule has 2 heteroatoms. The molecule has 1 heterocycles. The van der Waals surface area contributed by atoms with Crippen LogP contribution < -0.4 is 5.32 Å². The lowest BCUT2D eigenvalue weighted by atomic mass is 10.2. The standard InChI is InChI=1S/C4H6BrN/c1-3-4(5)2-6-3/h2-3,6H,1H3/t3-/m1/s1. The molecule has 0 amide bonds. The van der Waals surface area contributed by atoms with Crippen LogP contribution in [0.2, 0.25) is 0 Å². The second-order valence-corrected chi connectivity index (χ2v) is 2.33. The fourth-order valence-corrected chi connectivity index (χ4v) is 0.577. The number of halogens is 1. The maximum Gasteiger partial charge on any atom is 0.0560 e. The second kappa shape index (κ2) is 1.26. The molecular weight excluding hydrogens is 142 g/mol. The molecule has 1 N–H and O–H groups in total. The summed E-state index contributed by atoms with van der Waals surface area (Å²) in [5.41, 5.74) is 0. The van der Waals surface area contributed by atoms with Crippen molar-refractivity contribution in [2.24, 2.45) is 0 Å². The van der Waals surface area contributed by atoms with E-state index < -0.39 is 0 Å². The maximum absolute atomic E-state index is 3.32. The lowest BCUT2D eigenvalue weighted by Crippen LogP contribution is -2.30. The van der Waals surface area contributed by atoms with E-state index in [1.807, 2.05) is 6.20 Å². The zero-order valence-electron chi connectivity index (χ0n) is 3.53. The predicted octanol–water partition coefficient (Wildman–Crippen LogP) is 1.21. The van der Waals surface area contributed by atoms with Crippen molar-refractivity contribution >= 4 is 15.9 Å². The van der Waals surface area contributed by atoms with E-state index in [1.54, 1.807) is 0 Å². The summed E-state index contributed by atoms with van der Waals surface area (Å²) in [4.78, 5) is 0. The van der Waals surface area contributed by atoms with E-state index in [9.17, 15) is 0 Å². The molecule has 1 aliphatic heterocycles. The Kier molecular flexibility index (Phi) is 0.880. The van der Waals surface area contributed by atoms with E-state index >= 15 is 0 Å². The lowest BCUT2D eigenvalue weighted by Gasteiger charge is -2.19. The van der Waals surface area contributed by atoms with Gasteiger partial charge in [0.15, 0.2) is 0 Å². The molecule has 0 fully saturated rings. The van der Waals surface area contributed by atoms with E-state index in [2.05, 4.69) is 28.2 Å². The summed E-state index contributed by atoms with van der Waals surface area (Å²) in [5, 5.41) is 3.05. The van der Waals surface area contributed by atoms with Gasteiger partial charge >= 0.3 is 0 Å². The van der Waals surface area contributed by atoms with Crippen LogP contribution in [-0.4, -0.2) is 6.04 Å². The van der Waals surface area contributed by atoms with E-state index in [0.717, 1.165) is 0 Å². The molecule has 1 atom stereocenters. The summed E-state index contributed by atoms with van der Waals surface area (Å²) < 4.78 is 1.27. The molecule has 0 saturated heterocycles. The molecule has 0 aromatic rings. The molecule has 1 nitrogen and oxygen atoms in total. The quantitative estimate of drug-likeness (QED) is 0.544. The first kappa shape index (κ1) is 4.19. The molecule has 0 aromatic carbocycles. The van der Waals surface area contributed by atoms with Gasteiger partial charge in [0.05, 0.1) is 6.04 Å². The van der Waals surface area contributed by atoms with Gasteiger partial charge in [0.2, 0.25) is 0 Å². The minimum atomic E-state index is 0.560. The van der Waals surface area contributed by atoms with Crippen LogP contribution in [0.3, 0.4) is 0 Å². The van der Waals surface area contributed by atoms with Gasteiger partial charge in [0.1, 0.15) is 0 Å². The van der Waals surface area contributed by atoms with Crippen molar-refractivity contribution in [1.82, 2.24) is 5.32 Å². The van der Waals surface area contributed by atoms with Gasteiger partial charge in [-0.1, -0.05) is 15.9 Å². The summed E-state index contributed by atoms with van der Waals surface area (Å²) in [7, 11) is 0. The van der Waals surface area contributed by atoms with E-state index in [4.69, 9.17) is 0 Å². The van der Waals surface area contributed by atoms with Crippen molar-refractivity contribution in [3.63, 3.8) is 0 Å². The minimum Gasteiger partial charge on any atom is -0.383 e. The van der Waals surface area contributed by atoms with Gasteiger partial charge in [-0.3, -0.25) is 0 Å². The van der Waals surface area contributed by atoms with Crippen molar-refractivity contribution in [3.8, 4) is 0 Å². The lowest BCUT2D eigenvalue weighted by molar-refractivity contribution is 0.691. The highest BCUT2D eigenvalue weighted by molar-refractivity contribution is 9.11. The van der Waals surface area contributed by atoms with E-state index in [-0.39, 0.29) is 0 Å². The molecule has 0 spiro atoms. The average Bonchev–Trinajstić information content (AvgIpc) is 1.61. The number of hydrogen-bond acceptors (Lipinski definition) is 1. The first-order valence-corrected chi connectivity index (χ1v) is 2.71. The molecular formula is C4H6BrN. The number of rotatable bonds is 0. The molecule has 0 radical (unpaired) electrons. The smallest absolute Gasteiger partial charge is 0.0560 e. The van der Waals surface area contributed by atoms with Gasteiger partial charge in [-0.15, -0.1) is 0 Å². The van der Waals surface area contributed by atoms with Crippen LogP contribution in [0, 0.1) is 0 Å². The van der Waals surface area contributed by atoms with Crippen LogP contribution >= 0.6 is 15.9 Å². The topological polar surface area (TPSA) is 12.0 Å². The SMILES string of the molecule is C[C@H]1NC=C1Br. The van der Waals surface area contributed by atoms with Crippen LogP contribution in [0.4, 0.5) is 0 Å². The number of nitrogens with one attached hydrogen (secondary N) is 1. The van der Waals surface area contributed by atoms with Gasteiger partial charge in [0, 0.05) is 10.7 Å². The normalized spacial score (nSPS) is 30.3. The predicted molar refractivity (Wildman–Crippen MR) is 29.6 cm³/mol. The van der Waals surface area contributed by atoms with Crippen LogP contribution in [-0.2, 0) is 0 Å². The van der Waals surface area contributed by atoms with Crippen molar-refractivity contribution in [2.75, 3.05) is 0 Å². The van der Waals surface area contributed by atoms with Crippen LogP contribution in [0.15, 0.2) is 10.7 Å². The first-order chi connectivity index (χ1) is 2.80. The third-order valence-electron chi connectivity index (χ3n) is 0.885. The van der Waals surface area contributed by atoms with Crippen LogP contribution in [0.5, 0.6) is 0 Å². The highest BCUT2D eigenvalue weighted by atomic mass is 79.9. The third-order valence-corrected chi connectivity index (χ3v) is 1.80. The Balaban J connectivity index is 2.51.